The summed E-state index contributed by atoms with van der Waals surface area (Å²) in [4.78, 5) is 39.5. The fourth-order valence-corrected chi connectivity index (χ4v) is 3.27. The van der Waals surface area contributed by atoms with Crippen LogP contribution in [0.15, 0.2) is 47.4 Å². The highest BCUT2D eigenvalue weighted by Gasteiger charge is 2.21. The van der Waals surface area contributed by atoms with Gasteiger partial charge in [0, 0.05) is 24.5 Å². The average Bonchev–Trinajstić information content (AvgIpc) is 2.65. The largest absolute Gasteiger partial charge is 0.348 e. The van der Waals surface area contributed by atoms with Crippen molar-refractivity contribution in [2.24, 2.45) is 0 Å². The summed E-state index contributed by atoms with van der Waals surface area (Å²) >= 11 is 0. The Bertz CT molecular complexity index is 910. The predicted octanol–water partition coefficient (Wildman–Crippen LogP) is 1.45. The molecular weight excluding hydrogens is 363 g/mol. The predicted molar refractivity (Wildman–Crippen MR) is 104 cm³/mol. The van der Waals surface area contributed by atoms with Crippen molar-refractivity contribution in [2.75, 3.05) is 25.5 Å². The number of likely N-dealkylation sites (tertiary alicyclic amines) is 1. The number of pyridine rings is 1. The van der Waals surface area contributed by atoms with Gasteiger partial charge in [0.15, 0.2) is 0 Å². The van der Waals surface area contributed by atoms with Crippen LogP contribution >= 0.6 is 0 Å². The van der Waals surface area contributed by atoms with Crippen molar-refractivity contribution < 1.29 is 14.0 Å². The van der Waals surface area contributed by atoms with Gasteiger partial charge < -0.3 is 20.1 Å². The molecule has 0 saturated carbocycles. The Morgan fingerprint density at radius 2 is 1.96 bits per heavy atom. The summed E-state index contributed by atoms with van der Waals surface area (Å²) in [7, 11) is 1.99. The van der Waals surface area contributed by atoms with Crippen molar-refractivity contribution in [3.05, 3.63) is 64.3 Å². The van der Waals surface area contributed by atoms with E-state index in [1.54, 1.807) is 6.07 Å². The third-order valence-corrected chi connectivity index (χ3v) is 4.67. The van der Waals surface area contributed by atoms with Crippen LogP contribution in [-0.4, -0.2) is 47.5 Å². The standard InChI is InChI=1S/C20H23FN4O3/c1-24-10-2-4-16(12-24)23-19(27)17-5-3-11-25(20(17)28)13-18(26)22-15-8-6-14(21)7-9-15/h3,5-9,11,16H,2,4,10,12-13H2,1H3,(H,22,26)(H,23,27)/t16-/m0/s1. The molecule has 1 aliphatic rings. The van der Waals surface area contributed by atoms with E-state index in [0.717, 1.165) is 25.9 Å². The summed E-state index contributed by atoms with van der Waals surface area (Å²) in [6, 6.07) is 8.35. The van der Waals surface area contributed by atoms with Crippen LogP contribution in [0.25, 0.3) is 0 Å². The molecule has 0 bridgehead atoms. The summed E-state index contributed by atoms with van der Waals surface area (Å²) in [5, 5.41) is 5.49. The van der Waals surface area contributed by atoms with Crippen LogP contribution in [0.3, 0.4) is 0 Å². The fraction of sp³-hybridized carbons (Fsp3) is 0.350. The Labute approximate surface area is 162 Å². The number of carbonyl (C=O) groups excluding carboxylic acids is 2. The molecule has 1 fully saturated rings. The molecule has 2 N–H and O–H groups in total. The molecule has 2 aromatic rings. The van der Waals surface area contributed by atoms with Crippen LogP contribution in [0.2, 0.25) is 0 Å². The van der Waals surface area contributed by atoms with Gasteiger partial charge in [-0.15, -0.1) is 0 Å². The second-order valence-electron chi connectivity index (χ2n) is 6.98. The number of hydrogen-bond donors (Lipinski definition) is 2. The maximum Gasteiger partial charge on any atom is 0.263 e. The number of hydrogen-bond acceptors (Lipinski definition) is 4. The number of nitrogens with zero attached hydrogens (tertiary/aromatic N) is 2. The van der Waals surface area contributed by atoms with Gasteiger partial charge in [-0.2, -0.15) is 0 Å². The van der Waals surface area contributed by atoms with E-state index >= 15 is 0 Å². The van der Waals surface area contributed by atoms with E-state index in [2.05, 4.69) is 15.5 Å². The van der Waals surface area contributed by atoms with Crippen LogP contribution in [0.1, 0.15) is 23.2 Å². The first-order chi connectivity index (χ1) is 13.4. The van der Waals surface area contributed by atoms with Crippen LogP contribution in [0, 0.1) is 5.82 Å². The van der Waals surface area contributed by atoms with Crippen LogP contribution < -0.4 is 16.2 Å². The van der Waals surface area contributed by atoms with Gasteiger partial charge in [-0.1, -0.05) is 0 Å². The Balaban J connectivity index is 1.66. The Morgan fingerprint density at radius 1 is 1.21 bits per heavy atom. The molecule has 1 aromatic heterocycles. The lowest BCUT2D eigenvalue weighted by Gasteiger charge is -2.30. The number of anilines is 1. The van der Waals surface area contributed by atoms with E-state index in [1.165, 1.54) is 41.1 Å². The molecule has 2 amide bonds. The van der Waals surface area contributed by atoms with Crippen LogP contribution in [0.4, 0.5) is 10.1 Å². The zero-order valence-electron chi connectivity index (χ0n) is 15.7. The zero-order valence-corrected chi connectivity index (χ0v) is 15.7. The number of likely N-dealkylation sites (N-methyl/N-ethyl adjacent to an activating group) is 1. The summed E-state index contributed by atoms with van der Waals surface area (Å²) < 4.78 is 14.1. The smallest absolute Gasteiger partial charge is 0.263 e. The average molecular weight is 386 g/mol. The van der Waals surface area contributed by atoms with E-state index in [1.807, 2.05) is 7.05 Å². The van der Waals surface area contributed by atoms with E-state index in [9.17, 15) is 18.8 Å². The van der Waals surface area contributed by atoms with Gasteiger partial charge in [-0.05, 0) is 62.8 Å². The first-order valence-electron chi connectivity index (χ1n) is 9.16. The van der Waals surface area contributed by atoms with Crippen molar-refractivity contribution in [3.63, 3.8) is 0 Å². The Morgan fingerprint density at radius 3 is 2.68 bits per heavy atom. The molecule has 1 atom stereocenters. The molecule has 148 valence electrons. The van der Waals surface area contributed by atoms with Crippen molar-refractivity contribution in [1.82, 2.24) is 14.8 Å². The molecule has 3 rings (SSSR count). The number of carbonyl (C=O) groups is 2. The minimum Gasteiger partial charge on any atom is -0.348 e. The first-order valence-corrected chi connectivity index (χ1v) is 9.16. The van der Waals surface area contributed by atoms with Crippen molar-refractivity contribution in [3.8, 4) is 0 Å². The maximum absolute atomic E-state index is 12.9. The second kappa shape index (κ2) is 8.79. The van der Waals surface area contributed by atoms with Gasteiger partial charge in [-0.25, -0.2) is 4.39 Å². The number of rotatable bonds is 5. The van der Waals surface area contributed by atoms with Gasteiger partial charge in [-0.3, -0.25) is 14.4 Å². The number of aromatic nitrogens is 1. The van der Waals surface area contributed by atoms with Gasteiger partial charge >= 0.3 is 0 Å². The molecule has 7 nitrogen and oxygen atoms in total. The highest BCUT2D eigenvalue weighted by Crippen LogP contribution is 2.09. The van der Waals surface area contributed by atoms with Crippen molar-refractivity contribution >= 4 is 17.5 Å². The fourth-order valence-electron chi connectivity index (χ4n) is 3.27. The summed E-state index contributed by atoms with van der Waals surface area (Å²) in [6.07, 6.45) is 3.32. The SMILES string of the molecule is CN1CCC[C@H](NC(=O)c2cccn(CC(=O)Nc3ccc(F)cc3)c2=O)C1. The molecule has 28 heavy (non-hydrogen) atoms. The molecule has 0 aliphatic carbocycles. The lowest BCUT2D eigenvalue weighted by atomic mass is 10.1. The number of nitrogens with one attached hydrogen (secondary N) is 2. The van der Waals surface area contributed by atoms with Crippen LogP contribution in [0.5, 0.6) is 0 Å². The summed E-state index contributed by atoms with van der Waals surface area (Å²) in [5.74, 6) is -1.28. The lowest BCUT2D eigenvalue weighted by Crippen LogP contribution is -2.47. The molecular formula is C20H23FN4O3. The summed E-state index contributed by atoms with van der Waals surface area (Å²) in [6.45, 7) is 1.49. The minimum absolute atomic E-state index is 0.00100. The van der Waals surface area contributed by atoms with Gasteiger partial charge in [0.25, 0.3) is 11.5 Å². The van der Waals surface area contributed by atoms with Gasteiger partial charge in [0.2, 0.25) is 5.91 Å². The summed E-state index contributed by atoms with van der Waals surface area (Å²) in [5.41, 5.74) is -0.0986. The molecule has 1 aliphatic heterocycles. The van der Waals surface area contributed by atoms with Gasteiger partial charge in [0.05, 0.1) is 0 Å². The Kier molecular flexibility index (Phi) is 6.20. The molecule has 1 saturated heterocycles. The van der Waals surface area contributed by atoms with E-state index in [4.69, 9.17) is 0 Å². The van der Waals surface area contributed by atoms with Crippen LogP contribution in [-0.2, 0) is 11.3 Å². The highest BCUT2D eigenvalue weighted by atomic mass is 19.1. The molecule has 0 unspecified atom stereocenters. The highest BCUT2D eigenvalue weighted by molar-refractivity contribution is 5.94. The normalized spacial score (nSPS) is 17.1. The third kappa shape index (κ3) is 5.04. The quantitative estimate of drug-likeness (QED) is 0.815. The van der Waals surface area contributed by atoms with Crippen molar-refractivity contribution in [1.29, 1.82) is 0 Å². The van der Waals surface area contributed by atoms with E-state index < -0.39 is 23.2 Å². The maximum atomic E-state index is 12.9. The molecule has 8 heteroatoms. The van der Waals surface area contributed by atoms with E-state index in [-0.39, 0.29) is 18.2 Å². The number of amides is 2. The second-order valence-corrected chi connectivity index (χ2v) is 6.98. The van der Waals surface area contributed by atoms with Crippen molar-refractivity contribution in [2.45, 2.75) is 25.4 Å². The number of benzene rings is 1. The minimum atomic E-state index is -0.529. The molecule has 0 radical (unpaired) electrons. The molecule has 0 spiro atoms. The molecule has 2 heterocycles. The number of piperidine rings is 1. The zero-order chi connectivity index (χ0) is 20.1. The Hall–Kier alpha value is -3.00. The third-order valence-electron chi connectivity index (χ3n) is 4.67. The first kappa shape index (κ1) is 19.8. The lowest BCUT2D eigenvalue weighted by molar-refractivity contribution is -0.116. The topological polar surface area (TPSA) is 83.4 Å². The molecule has 1 aromatic carbocycles. The van der Waals surface area contributed by atoms with E-state index in [0.29, 0.717) is 5.69 Å². The number of halogens is 1. The monoisotopic (exact) mass is 386 g/mol. The van der Waals surface area contributed by atoms with Gasteiger partial charge in [0.1, 0.15) is 17.9 Å².